The molecule has 2 aromatic rings. The Bertz CT molecular complexity index is 1030. The second kappa shape index (κ2) is 11.5. The molecule has 0 bridgehead atoms. The Morgan fingerprint density at radius 3 is 2.41 bits per heavy atom. The zero-order chi connectivity index (χ0) is 24.8. The zero-order valence-electron chi connectivity index (χ0n) is 20.5. The molecule has 0 aliphatic heterocycles. The minimum absolute atomic E-state index is 0.0909. The molecule has 0 atom stereocenters. The van der Waals surface area contributed by atoms with Crippen LogP contribution in [0.15, 0.2) is 12.1 Å². The molecule has 1 aliphatic carbocycles. The number of nitrogens with zero attached hydrogens (tertiary/aromatic N) is 1. The van der Waals surface area contributed by atoms with Crippen LogP contribution >= 0.6 is 11.6 Å². The van der Waals surface area contributed by atoms with Crippen molar-refractivity contribution in [3.05, 3.63) is 39.7 Å². The Morgan fingerprint density at radius 2 is 1.79 bits per heavy atom. The van der Waals surface area contributed by atoms with Crippen LogP contribution in [0, 0.1) is 13.8 Å². The summed E-state index contributed by atoms with van der Waals surface area (Å²) in [6.07, 6.45) is 5.18. The van der Waals surface area contributed by atoms with Gasteiger partial charge in [0.05, 0.1) is 31.5 Å². The maximum Gasteiger partial charge on any atom is 0.355 e. The Morgan fingerprint density at radius 1 is 1.12 bits per heavy atom. The van der Waals surface area contributed by atoms with Crippen molar-refractivity contribution in [2.45, 2.75) is 65.5 Å². The monoisotopic (exact) mass is 491 g/mol. The normalized spacial score (nSPS) is 13.9. The van der Waals surface area contributed by atoms with Crippen molar-refractivity contribution in [3.63, 3.8) is 0 Å². The van der Waals surface area contributed by atoms with Crippen LogP contribution in [0.2, 0.25) is 5.02 Å². The average molecular weight is 492 g/mol. The number of hydrogen-bond donors (Lipinski definition) is 2. The molecule has 9 heteroatoms. The summed E-state index contributed by atoms with van der Waals surface area (Å²) in [6, 6.07) is 3.12. The molecule has 1 aromatic carbocycles. The second-order valence-corrected chi connectivity index (χ2v) is 8.89. The van der Waals surface area contributed by atoms with Gasteiger partial charge in [0, 0.05) is 24.3 Å². The lowest BCUT2D eigenvalue weighted by molar-refractivity contribution is 0.0519. The summed E-state index contributed by atoms with van der Waals surface area (Å²) >= 11 is 6.31. The number of aromatic amines is 1. The first-order valence-corrected chi connectivity index (χ1v) is 12.0. The molecule has 0 saturated heterocycles. The molecule has 1 aromatic heterocycles. The summed E-state index contributed by atoms with van der Waals surface area (Å²) in [5.41, 5.74) is 3.47. The van der Waals surface area contributed by atoms with Crippen LogP contribution < -0.4 is 14.8 Å². The number of H-pyrrole nitrogens is 1. The summed E-state index contributed by atoms with van der Waals surface area (Å²) in [5, 5.41) is 3.35. The predicted molar refractivity (Wildman–Crippen MR) is 132 cm³/mol. The first kappa shape index (κ1) is 25.7. The quantitative estimate of drug-likeness (QED) is 0.452. The van der Waals surface area contributed by atoms with Gasteiger partial charge in [-0.25, -0.2) is 9.59 Å². The van der Waals surface area contributed by atoms with Crippen LogP contribution in [0.3, 0.4) is 0 Å². The molecule has 2 amide bonds. The van der Waals surface area contributed by atoms with Gasteiger partial charge >= 0.3 is 12.0 Å². The summed E-state index contributed by atoms with van der Waals surface area (Å²) in [4.78, 5) is 31.0. The third kappa shape index (κ3) is 5.60. The van der Waals surface area contributed by atoms with Gasteiger partial charge in [0.15, 0.2) is 0 Å². The fourth-order valence-electron chi connectivity index (χ4n) is 4.51. The van der Waals surface area contributed by atoms with E-state index < -0.39 is 0 Å². The molecule has 2 N–H and O–H groups in total. The van der Waals surface area contributed by atoms with Crippen molar-refractivity contribution in [3.8, 4) is 11.5 Å². The number of anilines is 1. The van der Waals surface area contributed by atoms with Crippen molar-refractivity contribution in [2.24, 2.45) is 0 Å². The van der Waals surface area contributed by atoms with E-state index in [1.54, 1.807) is 19.1 Å². The van der Waals surface area contributed by atoms with Crippen molar-refractivity contribution in [1.29, 1.82) is 0 Å². The summed E-state index contributed by atoms with van der Waals surface area (Å²) in [7, 11) is 3.05. The predicted octanol–water partition coefficient (Wildman–Crippen LogP) is 5.85. The molecule has 0 unspecified atom stereocenters. The van der Waals surface area contributed by atoms with E-state index in [0.29, 0.717) is 41.1 Å². The topological polar surface area (TPSA) is 92.9 Å². The molecule has 1 aliphatic rings. The number of nitrogens with one attached hydrogen (secondary N) is 2. The number of aromatic nitrogens is 1. The van der Waals surface area contributed by atoms with E-state index in [2.05, 4.69) is 10.3 Å². The van der Waals surface area contributed by atoms with E-state index in [1.807, 2.05) is 18.7 Å². The number of hydrogen-bond acceptors (Lipinski definition) is 5. The maximum absolute atomic E-state index is 13.6. The van der Waals surface area contributed by atoms with Crippen molar-refractivity contribution in [2.75, 3.05) is 26.1 Å². The number of rotatable bonds is 8. The van der Waals surface area contributed by atoms with Gasteiger partial charge in [-0.05, 0) is 50.8 Å². The van der Waals surface area contributed by atoms with Crippen molar-refractivity contribution >= 4 is 29.3 Å². The van der Waals surface area contributed by atoms with Gasteiger partial charge in [-0.2, -0.15) is 0 Å². The highest BCUT2D eigenvalue weighted by atomic mass is 35.5. The van der Waals surface area contributed by atoms with Gasteiger partial charge in [-0.1, -0.05) is 30.9 Å². The van der Waals surface area contributed by atoms with Gasteiger partial charge < -0.3 is 29.4 Å². The number of benzene rings is 1. The van der Waals surface area contributed by atoms with Gasteiger partial charge in [-0.3, -0.25) is 0 Å². The first-order chi connectivity index (χ1) is 16.3. The Labute approximate surface area is 205 Å². The smallest absolute Gasteiger partial charge is 0.355 e. The van der Waals surface area contributed by atoms with Crippen LogP contribution in [0.1, 0.15) is 66.3 Å². The highest BCUT2D eigenvalue weighted by molar-refractivity contribution is 6.32. The lowest BCUT2D eigenvalue weighted by atomic mass is 9.93. The SMILES string of the molecule is CCOC(=O)c1[nH]c(C)c(CN(C(=O)Nc2cc(Cl)c(OC)cc2OC)C2CCCCC2)c1C. The molecular weight excluding hydrogens is 458 g/mol. The summed E-state index contributed by atoms with van der Waals surface area (Å²) in [6.45, 7) is 6.24. The van der Waals surface area contributed by atoms with Gasteiger partial charge in [0.2, 0.25) is 0 Å². The molecule has 8 nitrogen and oxygen atoms in total. The highest BCUT2D eigenvalue weighted by Crippen LogP contribution is 2.36. The number of ether oxygens (including phenoxy) is 3. The number of amides is 2. The number of carbonyl (C=O) groups excluding carboxylic acids is 2. The molecule has 1 saturated carbocycles. The van der Waals surface area contributed by atoms with E-state index >= 15 is 0 Å². The molecule has 34 heavy (non-hydrogen) atoms. The minimum atomic E-state index is -0.388. The van der Waals surface area contributed by atoms with Gasteiger partial charge in [0.1, 0.15) is 17.2 Å². The molecule has 1 heterocycles. The largest absolute Gasteiger partial charge is 0.495 e. The highest BCUT2D eigenvalue weighted by Gasteiger charge is 2.29. The second-order valence-electron chi connectivity index (χ2n) is 8.49. The Hall–Kier alpha value is -2.87. The third-order valence-corrected chi connectivity index (χ3v) is 6.69. The van der Waals surface area contributed by atoms with Crippen LogP contribution in [0.5, 0.6) is 11.5 Å². The Kier molecular flexibility index (Phi) is 8.72. The summed E-state index contributed by atoms with van der Waals surface area (Å²) < 4.78 is 15.9. The minimum Gasteiger partial charge on any atom is -0.495 e. The fourth-order valence-corrected chi connectivity index (χ4v) is 4.75. The van der Waals surface area contributed by atoms with Crippen LogP contribution in [0.4, 0.5) is 10.5 Å². The van der Waals surface area contributed by atoms with Crippen LogP contribution in [0.25, 0.3) is 0 Å². The van der Waals surface area contributed by atoms with E-state index in [9.17, 15) is 9.59 Å². The molecule has 186 valence electrons. The average Bonchev–Trinajstić information content (AvgIpc) is 3.11. The number of carbonyl (C=O) groups is 2. The number of aryl methyl sites for hydroxylation is 1. The molecule has 1 fully saturated rings. The van der Waals surface area contributed by atoms with Crippen molar-refractivity contribution < 1.29 is 23.8 Å². The fraction of sp³-hybridized carbons (Fsp3) is 0.520. The Balaban J connectivity index is 1.91. The molecule has 0 spiro atoms. The number of methoxy groups -OCH3 is 2. The lowest BCUT2D eigenvalue weighted by Crippen LogP contribution is -2.43. The van der Waals surface area contributed by atoms with Crippen LogP contribution in [-0.4, -0.2) is 48.8 Å². The van der Waals surface area contributed by atoms with Gasteiger partial charge in [-0.15, -0.1) is 0 Å². The molecule has 3 rings (SSSR count). The maximum atomic E-state index is 13.6. The molecule has 0 radical (unpaired) electrons. The third-order valence-electron chi connectivity index (χ3n) is 6.39. The van der Waals surface area contributed by atoms with Crippen LogP contribution in [-0.2, 0) is 11.3 Å². The lowest BCUT2D eigenvalue weighted by Gasteiger charge is -2.35. The number of esters is 1. The van der Waals surface area contributed by atoms with E-state index in [-0.39, 0.29) is 18.0 Å². The van der Waals surface area contributed by atoms with E-state index in [0.717, 1.165) is 42.5 Å². The number of halogens is 1. The van der Waals surface area contributed by atoms with Gasteiger partial charge in [0.25, 0.3) is 0 Å². The van der Waals surface area contributed by atoms with E-state index in [1.165, 1.54) is 20.6 Å². The standard InChI is InChI=1S/C25H34ClN3O5/c1-6-34-24(30)23-15(2)18(16(3)27-23)14-29(17-10-8-7-9-11-17)25(31)28-20-12-19(26)21(32-4)13-22(20)33-5/h12-13,17,27H,6-11,14H2,1-5H3,(H,28,31). The van der Waals surface area contributed by atoms with E-state index in [4.69, 9.17) is 25.8 Å². The first-order valence-electron chi connectivity index (χ1n) is 11.6. The molecular formula is C25H34ClN3O5. The van der Waals surface area contributed by atoms with Crippen molar-refractivity contribution in [1.82, 2.24) is 9.88 Å². The number of urea groups is 1. The zero-order valence-corrected chi connectivity index (χ0v) is 21.3. The summed E-state index contributed by atoms with van der Waals surface area (Å²) in [5.74, 6) is 0.531.